The highest BCUT2D eigenvalue weighted by Gasteiger charge is 2.59. The second kappa shape index (κ2) is 8.48. The molecule has 2 fully saturated rings. The van der Waals surface area contributed by atoms with Crippen LogP contribution < -0.4 is 10.7 Å². The molecule has 0 spiro atoms. The molecule has 1 N–H and O–H groups in total. The quantitative estimate of drug-likeness (QED) is 0.443. The lowest BCUT2D eigenvalue weighted by molar-refractivity contribution is 0.0186. The van der Waals surface area contributed by atoms with Crippen LogP contribution in [0.3, 0.4) is 0 Å². The van der Waals surface area contributed by atoms with E-state index in [1.165, 1.54) is 5.56 Å². The lowest BCUT2D eigenvalue weighted by Gasteiger charge is -2.27. The molecule has 3 heterocycles. The molecule has 4 aromatic rings. The number of nitrogens with one attached hydrogen (secondary N) is 1. The minimum absolute atomic E-state index is 0.122. The van der Waals surface area contributed by atoms with E-state index in [1.807, 2.05) is 36.4 Å². The summed E-state index contributed by atoms with van der Waals surface area (Å²) in [7, 11) is 1.79. The average molecular weight is 487 g/mol. The summed E-state index contributed by atoms with van der Waals surface area (Å²) in [5, 5.41) is 5.06. The van der Waals surface area contributed by atoms with Gasteiger partial charge in [0.1, 0.15) is 11.2 Å². The monoisotopic (exact) mass is 486 g/mol. The molecule has 1 amide bonds. The Labute approximate surface area is 208 Å². The predicted octanol–water partition coefficient (Wildman–Crippen LogP) is 4.66. The molecule has 2 aromatic heterocycles. The van der Waals surface area contributed by atoms with Gasteiger partial charge in [0.05, 0.1) is 6.10 Å². The van der Waals surface area contributed by atoms with Crippen LogP contribution >= 0.6 is 0 Å². The van der Waals surface area contributed by atoms with Gasteiger partial charge < -0.3 is 14.2 Å². The second-order valence-electron chi connectivity index (χ2n) is 10.3. The molecule has 1 aliphatic heterocycles. The van der Waals surface area contributed by atoms with Crippen LogP contribution in [0.1, 0.15) is 60.9 Å². The normalized spacial score (nSPS) is 25.7. The van der Waals surface area contributed by atoms with E-state index < -0.39 is 11.3 Å². The van der Waals surface area contributed by atoms with Crippen molar-refractivity contribution in [2.75, 3.05) is 18.6 Å². The molecule has 36 heavy (non-hydrogen) atoms. The van der Waals surface area contributed by atoms with Crippen LogP contribution in [0.5, 0.6) is 0 Å². The lowest BCUT2D eigenvalue weighted by Crippen LogP contribution is -2.33. The zero-order chi connectivity index (χ0) is 25.0. The molecule has 8 heteroatoms. The topological polar surface area (TPSA) is 93.4 Å². The number of ether oxygens (including phenoxy) is 1. The van der Waals surface area contributed by atoms with Crippen LogP contribution in [0.4, 0.5) is 5.69 Å². The van der Waals surface area contributed by atoms with E-state index in [0.29, 0.717) is 17.4 Å². The first-order valence-corrected chi connectivity index (χ1v) is 12.6. The van der Waals surface area contributed by atoms with Crippen molar-refractivity contribution in [2.45, 2.75) is 50.7 Å². The summed E-state index contributed by atoms with van der Waals surface area (Å²) in [5.41, 5.74) is 2.92. The maximum atomic E-state index is 14.0. The van der Waals surface area contributed by atoms with Crippen LogP contribution in [0.2, 0.25) is 0 Å². The molecule has 8 nitrogen and oxygen atoms in total. The molecule has 186 valence electrons. The Morgan fingerprint density at radius 1 is 1.17 bits per heavy atom. The van der Waals surface area contributed by atoms with Gasteiger partial charge in [0.25, 0.3) is 5.91 Å². The van der Waals surface area contributed by atoms with Crippen molar-refractivity contribution in [2.24, 2.45) is 5.92 Å². The fraction of sp³-hybridized carbons (Fsp3) is 0.393. The Morgan fingerprint density at radius 2 is 1.94 bits per heavy atom. The minimum Gasteiger partial charge on any atom is -0.378 e. The Morgan fingerprint density at radius 3 is 2.61 bits per heavy atom. The number of aromatic nitrogens is 3. The number of para-hydroxylation sites is 1. The summed E-state index contributed by atoms with van der Waals surface area (Å²) in [5.74, 6) is 0.330. The van der Waals surface area contributed by atoms with Crippen LogP contribution in [0, 0.1) is 5.92 Å². The van der Waals surface area contributed by atoms with Crippen molar-refractivity contribution in [1.29, 1.82) is 0 Å². The fourth-order valence-corrected chi connectivity index (χ4v) is 5.89. The van der Waals surface area contributed by atoms with Gasteiger partial charge in [-0.25, -0.2) is 4.79 Å². The summed E-state index contributed by atoms with van der Waals surface area (Å²) in [6.07, 6.45) is 2.95. The van der Waals surface area contributed by atoms with Crippen molar-refractivity contribution in [3.63, 3.8) is 0 Å². The van der Waals surface area contributed by atoms with Crippen LogP contribution in [0.25, 0.3) is 10.9 Å². The van der Waals surface area contributed by atoms with Crippen molar-refractivity contribution >= 4 is 22.5 Å². The third kappa shape index (κ3) is 3.59. The first kappa shape index (κ1) is 22.8. The van der Waals surface area contributed by atoms with Crippen molar-refractivity contribution in [3.05, 3.63) is 82.2 Å². The molecular weight excluding hydrogens is 456 g/mol. The average Bonchev–Trinajstić information content (AvgIpc) is 3.20. The highest BCUT2D eigenvalue weighted by molar-refractivity contribution is 6.08. The molecule has 1 aliphatic carbocycles. The molecule has 6 rings (SSSR count). The highest BCUT2D eigenvalue weighted by Crippen LogP contribution is 2.56. The molecule has 1 saturated heterocycles. The number of nitrogens with zero attached hydrogens (tertiary/aromatic N) is 3. The molecule has 4 atom stereocenters. The number of carbonyl (C=O) groups is 1. The zero-order valence-electron chi connectivity index (χ0n) is 20.7. The number of hydrogen-bond donors (Lipinski definition) is 1. The SMILES string of the molecule is C[C@H]1CC(c2ccc3c(c2)cc(C(=O)N(C)c2ccccc2)n3[C@@]2(c3noc(=O)[nH]3)C[C@@H]2C)CCO1. The van der Waals surface area contributed by atoms with Crippen LogP contribution in [-0.4, -0.2) is 40.4 Å². The number of amides is 1. The third-order valence-corrected chi connectivity index (χ3v) is 7.97. The zero-order valence-corrected chi connectivity index (χ0v) is 20.7. The number of anilines is 1. The molecule has 0 bridgehead atoms. The van der Waals surface area contributed by atoms with Crippen molar-refractivity contribution in [1.82, 2.24) is 14.7 Å². The Bertz CT molecular complexity index is 1490. The number of H-pyrrole nitrogens is 1. The van der Waals surface area contributed by atoms with Gasteiger partial charge in [0, 0.05) is 30.2 Å². The Balaban J connectivity index is 1.51. The van der Waals surface area contributed by atoms with Crippen LogP contribution in [-0.2, 0) is 10.3 Å². The maximum Gasteiger partial charge on any atom is 0.438 e. The summed E-state index contributed by atoms with van der Waals surface area (Å²) in [4.78, 5) is 30.3. The fourth-order valence-electron chi connectivity index (χ4n) is 5.89. The van der Waals surface area contributed by atoms with Crippen LogP contribution in [0.15, 0.2) is 63.9 Å². The molecule has 1 saturated carbocycles. The van der Waals surface area contributed by atoms with E-state index in [0.717, 1.165) is 42.5 Å². The van der Waals surface area contributed by atoms with Gasteiger partial charge in [-0.2, -0.15) is 0 Å². The number of rotatable bonds is 5. The van der Waals surface area contributed by atoms with Gasteiger partial charge in [-0.05, 0) is 73.9 Å². The summed E-state index contributed by atoms with van der Waals surface area (Å²) < 4.78 is 12.7. The first-order valence-electron chi connectivity index (χ1n) is 12.6. The Kier molecular flexibility index (Phi) is 5.37. The molecular formula is C28H30N4O4. The second-order valence-corrected chi connectivity index (χ2v) is 10.3. The Hall–Kier alpha value is -3.65. The molecule has 2 aliphatic rings. The summed E-state index contributed by atoms with van der Waals surface area (Å²) >= 11 is 0. The van der Waals surface area contributed by atoms with E-state index >= 15 is 0 Å². The predicted molar refractivity (Wildman–Crippen MR) is 136 cm³/mol. The van der Waals surface area contributed by atoms with Gasteiger partial charge in [0.15, 0.2) is 5.82 Å². The van der Waals surface area contributed by atoms with E-state index in [4.69, 9.17) is 9.26 Å². The standard InChI is InChI=1S/C28H30N4O4/c1-17-16-28(17,26-29-27(34)36-30-26)32-23-10-9-19(20-11-12-35-18(2)13-20)14-21(23)15-24(32)25(33)31(3)22-7-5-4-6-8-22/h4-10,14-15,17-18,20H,11-13,16H2,1-3H3,(H,29,30,34)/t17-,18-,20?,28-/m0/s1. The third-order valence-electron chi connectivity index (χ3n) is 7.97. The molecule has 1 unspecified atom stereocenters. The van der Waals surface area contributed by atoms with Gasteiger partial charge in [-0.3, -0.25) is 14.3 Å². The van der Waals surface area contributed by atoms with Gasteiger partial charge in [-0.1, -0.05) is 36.3 Å². The van der Waals surface area contributed by atoms with E-state index in [9.17, 15) is 9.59 Å². The first-order chi connectivity index (χ1) is 17.4. The van der Waals surface area contributed by atoms with Crippen molar-refractivity contribution < 1.29 is 14.1 Å². The lowest BCUT2D eigenvalue weighted by atomic mass is 9.88. The van der Waals surface area contributed by atoms with Gasteiger partial charge in [0.2, 0.25) is 0 Å². The molecule has 0 radical (unpaired) electrons. The van der Waals surface area contributed by atoms with Gasteiger partial charge in [-0.15, -0.1) is 0 Å². The van der Waals surface area contributed by atoms with E-state index in [2.05, 4.69) is 46.8 Å². The smallest absolute Gasteiger partial charge is 0.378 e. The highest BCUT2D eigenvalue weighted by atomic mass is 16.5. The largest absolute Gasteiger partial charge is 0.438 e. The number of aromatic amines is 1. The number of hydrogen-bond acceptors (Lipinski definition) is 5. The van der Waals surface area contributed by atoms with Gasteiger partial charge >= 0.3 is 5.76 Å². The number of benzene rings is 2. The van der Waals surface area contributed by atoms with E-state index in [1.54, 1.807) is 11.9 Å². The maximum absolute atomic E-state index is 14.0. The minimum atomic E-state index is -0.648. The number of fused-ring (bicyclic) bond motifs is 1. The van der Waals surface area contributed by atoms with Crippen molar-refractivity contribution in [3.8, 4) is 0 Å². The number of carbonyl (C=O) groups excluding carboxylic acids is 1. The summed E-state index contributed by atoms with van der Waals surface area (Å²) in [6.45, 7) is 4.98. The summed E-state index contributed by atoms with van der Waals surface area (Å²) in [6, 6.07) is 18.1. The molecule has 2 aromatic carbocycles. The van der Waals surface area contributed by atoms with E-state index in [-0.39, 0.29) is 17.9 Å².